The lowest BCUT2D eigenvalue weighted by atomic mass is 10.1. The van der Waals surface area contributed by atoms with Crippen molar-refractivity contribution in [3.05, 3.63) is 35.5 Å². The van der Waals surface area contributed by atoms with Gasteiger partial charge < -0.3 is 25.4 Å². The molecule has 0 aliphatic carbocycles. The van der Waals surface area contributed by atoms with Crippen LogP contribution in [0, 0.1) is 0 Å². The molecule has 1 fully saturated rings. The Morgan fingerprint density at radius 2 is 1.94 bits per heavy atom. The summed E-state index contributed by atoms with van der Waals surface area (Å²) in [7, 11) is 1.33. The maximum Gasteiger partial charge on any atom is 0.433 e. The standard InChI is InChI=1S/C24H28F3N5O4/c1-35-16-7-5-15(14-6-8-18(24(25,26)27)30-20(14)16)23-31-21(17(13-28)36-23)22(34)29-10-9-19(33)32-11-3-2-4-12-32/h5-8,17,21H,2-4,9-13,28H2,1H3,(H,29,34). The molecule has 194 valence electrons. The number of carbonyl (C=O) groups excluding carboxylic acids is 2. The molecule has 0 bridgehead atoms. The van der Waals surface area contributed by atoms with Gasteiger partial charge in [-0.25, -0.2) is 9.98 Å². The molecule has 0 radical (unpaired) electrons. The molecule has 2 amide bonds. The molecular formula is C24H28F3N5O4. The van der Waals surface area contributed by atoms with Gasteiger partial charge in [-0.1, -0.05) is 0 Å². The average molecular weight is 508 g/mol. The summed E-state index contributed by atoms with van der Waals surface area (Å²) in [4.78, 5) is 35.1. The van der Waals surface area contributed by atoms with E-state index < -0.39 is 29.9 Å². The number of amides is 2. The van der Waals surface area contributed by atoms with E-state index in [-0.39, 0.29) is 42.6 Å². The highest BCUT2D eigenvalue weighted by Gasteiger charge is 2.37. The van der Waals surface area contributed by atoms with Gasteiger partial charge in [-0.15, -0.1) is 0 Å². The largest absolute Gasteiger partial charge is 0.494 e. The van der Waals surface area contributed by atoms with Crippen molar-refractivity contribution in [2.75, 3.05) is 33.3 Å². The lowest BCUT2D eigenvalue weighted by Gasteiger charge is -2.26. The first-order valence-corrected chi connectivity index (χ1v) is 11.8. The minimum absolute atomic E-state index is 0.00679. The molecule has 3 N–H and O–H groups in total. The number of benzene rings is 1. The predicted molar refractivity (Wildman–Crippen MR) is 126 cm³/mol. The number of fused-ring (bicyclic) bond motifs is 1. The van der Waals surface area contributed by atoms with Gasteiger partial charge in [0.25, 0.3) is 0 Å². The Hall–Kier alpha value is -3.41. The van der Waals surface area contributed by atoms with E-state index in [1.807, 2.05) is 0 Å². The molecule has 2 aromatic rings. The first-order chi connectivity index (χ1) is 17.2. The van der Waals surface area contributed by atoms with Crippen molar-refractivity contribution >= 4 is 28.6 Å². The zero-order valence-corrected chi connectivity index (χ0v) is 19.8. The number of carbonyl (C=O) groups is 2. The number of piperidine rings is 1. The zero-order valence-electron chi connectivity index (χ0n) is 19.8. The SMILES string of the molecule is COc1ccc(C2=NC(C(=O)NCCC(=O)N3CCCCC3)C(CN)O2)c2ccc(C(F)(F)F)nc12. The Bertz CT molecular complexity index is 1160. The number of hydrogen-bond donors (Lipinski definition) is 2. The van der Waals surface area contributed by atoms with Crippen LogP contribution in [0.25, 0.3) is 10.9 Å². The molecule has 2 unspecified atom stereocenters. The number of halogens is 3. The fourth-order valence-corrected chi connectivity index (χ4v) is 4.38. The number of nitrogens with one attached hydrogen (secondary N) is 1. The Kier molecular flexibility index (Phi) is 7.62. The summed E-state index contributed by atoms with van der Waals surface area (Å²) in [5.41, 5.74) is 5.10. The predicted octanol–water partition coefficient (Wildman–Crippen LogP) is 2.25. The molecular weight excluding hydrogens is 479 g/mol. The van der Waals surface area contributed by atoms with Crippen LogP contribution in [0.2, 0.25) is 0 Å². The van der Waals surface area contributed by atoms with Gasteiger partial charge in [0, 0.05) is 43.5 Å². The number of likely N-dealkylation sites (tertiary alicyclic amines) is 1. The summed E-state index contributed by atoms with van der Waals surface area (Å²) < 4.78 is 50.7. The van der Waals surface area contributed by atoms with E-state index in [2.05, 4.69) is 15.3 Å². The molecule has 2 atom stereocenters. The second-order valence-corrected chi connectivity index (χ2v) is 8.66. The number of nitrogens with two attached hydrogens (primary N) is 1. The van der Waals surface area contributed by atoms with Gasteiger partial charge in [-0.2, -0.15) is 13.2 Å². The van der Waals surface area contributed by atoms with Gasteiger partial charge >= 0.3 is 6.18 Å². The first kappa shape index (κ1) is 25.7. The van der Waals surface area contributed by atoms with E-state index in [4.69, 9.17) is 15.2 Å². The summed E-state index contributed by atoms with van der Waals surface area (Å²) >= 11 is 0. The van der Waals surface area contributed by atoms with E-state index in [1.54, 1.807) is 11.0 Å². The highest BCUT2D eigenvalue weighted by Crippen LogP contribution is 2.34. The molecule has 12 heteroatoms. The van der Waals surface area contributed by atoms with Crippen LogP contribution in [-0.4, -0.2) is 73.0 Å². The highest BCUT2D eigenvalue weighted by molar-refractivity contribution is 6.09. The lowest BCUT2D eigenvalue weighted by molar-refractivity contribution is -0.141. The Balaban J connectivity index is 1.52. The van der Waals surface area contributed by atoms with Crippen LogP contribution >= 0.6 is 0 Å². The molecule has 2 aliphatic rings. The molecule has 0 saturated carbocycles. The van der Waals surface area contributed by atoms with Crippen molar-refractivity contribution in [1.29, 1.82) is 0 Å². The molecule has 4 rings (SSSR count). The van der Waals surface area contributed by atoms with Gasteiger partial charge in [-0.3, -0.25) is 9.59 Å². The quantitative estimate of drug-likeness (QED) is 0.594. The molecule has 3 heterocycles. The smallest absolute Gasteiger partial charge is 0.433 e. The number of ether oxygens (including phenoxy) is 2. The zero-order chi connectivity index (χ0) is 25.9. The lowest BCUT2D eigenvalue weighted by Crippen LogP contribution is -2.44. The molecule has 9 nitrogen and oxygen atoms in total. The summed E-state index contributed by atoms with van der Waals surface area (Å²) in [6.07, 6.45) is -2.12. The van der Waals surface area contributed by atoms with Crippen molar-refractivity contribution in [2.45, 2.75) is 44.0 Å². The highest BCUT2D eigenvalue weighted by atomic mass is 19.4. The summed E-state index contributed by atoms with van der Waals surface area (Å²) in [6.45, 7) is 1.62. The summed E-state index contributed by atoms with van der Waals surface area (Å²) in [6, 6.07) is 4.22. The molecule has 1 aromatic heterocycles. The van der Waals surface area contributed by atoms with Crippen molar-refractivity contribution < 1.29 is 32.2 Å². The van der Waals surface area contributed by atoms with Crippen LogP contribution in [0.3, 0.4) is 0 Å². The van der Waals surface area contributed by atoms with E-state index in [0.29, 0.717) is 10.9 Å². The monoisotopic (exact) mass is 507 g/mol. The van der Waals surface area contributed by atoms with Crippen LogP contribution in [0.5, 0.6) is 5.75 Å². The number of rotatable bonds is 7. The third kappa shape index (κ3) is 5.38. The average Bonchev–Trinajstić information content (AvgIpc) is 3.32. The summed E-state index contributed by atoms with van der Waals surface area (Å²) in [5, 5.41) is 3.05. The number of aromatic nitrogens is 1. The van der Waals surface area contributed by atoms with Crippen LogP contribution < -0.4 is 15.8 Å². The van der Waals surface area contributed by atoms with E-state index >= 15 is 0 Å². The Morgan fingerprint density at radius 1 is 1.19 bits per heavy atom. The van der Waals surface area contributed by atoms with Crippen molar-refractivity contribution in [1.82, 2.24) is 15.2 Å². The van der Waals surface area contributed by atoms with Crippen molar-refractivity contribution in [3.63, 3.8) is 0 Å². The van der Waals surface area contributed by atoms with E-state index in [9.17, 15) is 22.8 Å². The summed E-state index contributed by atoms with van der Waals surface area (Å²) in [5.74, 6) is -0.222. The number of nitrogens with zero attached hydrogens (tertiary/aromatic N) is 3. The number of alkyl halides is 3. The molecule has 1 saturated heterocycles. The van der Waals surface area contributed by atoms with Crippen molar-refractivity contribution in [2.24, 2.45) is 10.7 Å². The molecule has 1 aromatic carbocycles. The van der Waals surface area contributed by atoms with Crippen LogP contribution in [0.4, 0.5) is 13.2 Å². The number of aliphatic imine (C=N–C) groups is 1. The Morgan fingerprint density at radius 3 is 2.61 bits per heavy atom. The minimum atomic E-state index is -4.63. The van der Waals surface area contributed by atoms with Gasteiger partial charge in [0.2, 0.25) is 17.7 Å². The number of pyridine rings is 1. The maximum absolute atomic E-state index is 13.2. The van der Waals surface area contributed by atoms with Crippen molar-refractivity contribution in [3.8, 4) is 5.75 Å². The Labute approximate surface area is 205 Å². The fraction of sp³-hybridized carbons (Fsp3) is 0.500. The molecule has 36 heavy (non-hydrogen) atoms. The van der Waals surface area contributed by atoms with E-state index in [1.165, 1.54) is 19.2 Å². The van der Waals surface area contributed by atoms with Gasteiger partial charge in [0.1, 0.15) is 23.1 Å². The second kappa shape index (κ2) is 10.7. The van der Waals surface area contributed by atoms with Gasteiger partial charge in [0.15, 0.2) is 6.04 Å². The number of hydrogen-bond acceptors (Lipinski definition) is 7. The molecule has 0 spiro atoms. The molecule has 2 aliphatic heterocycles. The fourth-order valence-electron chi connectivity index (χ4n) is 4.38. The van der Waals surface area contributed by atoms with Crippen LogP contribution in [0.15, 0.2) is 29.3 Å². The normalized spacial score (nSPS) is 20.1. The van der Waals surface area contributed by atoms with Crippen LogP contribution in [0.1, 0.15) is 36.9 Å². The van der Waals surface area contributed by atoms with Gasteiger partial charge in [-0.05, 0) is 43.5 Å². The van der Waals surface area contributed by atoms with Gasteiger partial charge in [0.05, 0.1) is 7.11 Å². The first-order valence-electron chi connectivity index (χ1n) is 11.8. The third-order valence-electron chi connectivity index (χ3n) is 6.28. The minimum Gasteiger partial charge on any atom is -0.494 e. The third-order valence-corrected chi connectivity index (χ3v) is 6.28. The second-order valence-electron chi connectivity index (χ2n) is 8.66. The topological polar surface area (TPSA) is 119 Å². The number of methoxy groups -OCH3 is 1. The van der Waals surface area contributed by atoms with Crippen LogP contribution in [-0.2, 0) is 20.5 Å². The maximum atomic E-state index is 13.2. The van der Waals surface area contributed by atoms with E-state index in [0.717, 1.165) is 38.4 Å².